The smallest absolute Gasteiger partial charge is 0.257 e. The van der Waals surface area contributed by atoms with Crippen LogP contribution < -0.4 is 5.73 Å². The first-order chi connectivity index (χ1) is 10.6. The Morgan fingerprint density at radius 2 is 2.27 bits per heavy atom. The van der Waals surface area contributed by atoms with Gasteiger partial charge in [-0.05, 0) is 32.3 Å². The molecule has 0 unspecified atom stereocenters. The number of amides is 2. The van der Waals surface area contributed by atoms with Crippen molar-refractivity contribution >= 4 is 22.9 Å². The van der Waals surface area contributed by atoms with Crippen molar-refractivity contribution in [3.05, 3.63) is 23.5 Å². The molecular weight excluding hydrogens is 284 g/mol. The second kappa shape index (κ2) is 5.75. The third-order valence-electron chi connectivity index (χ3n) is 4.08. The van der Waals surface area contributed by atoms with Gasteiger partial charge in [-0.3, -0.25) is 9.59 Å². The summed E-state index contributed by atoms with van der Waals surface area (Å²) in [5.41, 5.74) is 6.89. The molecular formula is C15H18N4O3. The number of pyridine rings is 1. The van der Waals surface area contributed by atoms with Crippen LogP contribution in [0.3, 0.4) is 0 Å². The number of hydrogen-bond donors (Lipinski definition) is 1. The lowest BCUT2D eigenvalue weighted by Gasteiger charge is -2.35. The number of hydrogen-bond acceptors (Lipinski definition) is 5. The van der Waals surface area contributed by atoms with Crippen molar-refractivity contribution in [3.8, 4) is 0 Å². The lowest BCUT2D eigenvalue weighted by atomic mass is 9.98. The molecule has 0 spiro atoms. The minimum absolute atomic E-state index is 0.124. The van der Waals surface area contributed by atoms with Crippen molar-refractivity contribution in [2.24, 2.45) is 5.73 Å². The second-order valence-corrected chi connectivity index (χ2v) is 5.66. The number of likely N-dealkylation sites (tertiary alicyclic amines) is 1. The van der Waals surface area contributed by atoms with Gasteiger partial charge in [0.2, 0.25) is 5.91 Å². The van der Waals surface area contributed by atoms with Gasteiger partial charge in [-0.1, -0.05) is 5.16 Å². The van der Waals surface area contributed by atoms with Crippen LogP contribution in [0.15, 0.2) is 16.8 Å². The molecule has 1 fully saturated rings. The van der Waals surface area contributed by atoms with Crippen LogP contribution in [0.5, 0.6) is 0 Å². The number of primary amides is 1. The van der Waals surface area contributed by atoms with E-state index in [-0.39, 0.29) is 24.3 Å². The number of aryl methyl sites for hydroxylation is 1. The van der Waals surface area contributed by atoms with E-state index >= 15 is 0 Å². The van der Waals surface area contributed by atoms with E-state index in [9.17, 15) is 9.59 Å². The monoisotopic (exact) mass is 302 g/mol. The third kappa shape index (κ3) is 2.66. The third-order valence-corrected chi connectivity index (χ3v) is 4.08. The molecule has 0 radical (unpaired) electrons. The van der Waals surface area contributed by atoms with Crippen LogP contribution >= 0.6 is 0 Å². The number of nitrogens with two attached hydrogens (primary N) is 1. The predicted molar refractivity (Wildman–Crippen MR) is 79.0 cm³/mol. The molecule has 1 saturated heterocycles. The summed E-state index contributed by atoms with van der Waals surface area (Å²) in [7, 11) is 0. The summed E-state index contributed by atoms with van der Waals surface area (Å²) in [6.07, 6.45) is 4.43. The molecule has 0 aromatic carbocycles. The molecule has 0 bridgehead atoms. The molecule has 1 aliphatic heterocycles. The largest absolute Gasteiger partial charge is 0.370 e. The van der Waals surface area contributed by atoms with Crippen molar-refractivity contribution in [1.29, 1.82) is 0 Å². The number of carbonyl (C=O) groups excluding carboxylic acids is 2. The van der Waals surface area contributed by atoms with Crippen molar-refractivity contribution < 1.29 is 14.1 Å². The highest BCUT2D eigenvalue weighted by Gasteiger charge is 2.29. The molecule has 2 aromatic heterocycles. The molecule has 1 aliphatic rings. The number of aromatic nitrogens is 2. The average Bonchev–Trinajstić information content (AvgIpc) is 2.87. The maximum Gasteiger partial charge on any atom is 0.257 e. The highest BCUT2D eigenvalue weighted by Crippen LogP contribution is 2.23. The Morgan fingerprint density at radius 1 is 1.45 bits per heavy atom. The minimum atomic E-state index is -0.381. The van der Waals surface area contributed by atoms with Crippen molar-refractivity contribution in [2.45, 2.75) is 38.6 Å². The fraction of sp³-hybridized carbons (Fsp3) is 0.467. The lowest BCUT2D eigenvalue weighted by molar-refractivity contribution is -0.119. The molecule has 7 heteroatoms. The van der Waals surface area contributed by atoms with E-state index in [0.29, 0.717) is 23.5 Å². The van der Waals surface area contributed by atoms with Crippen LogP contribution in [0.1, 0.15) is 41.7 Å². The van der Waals surface area contributed by atoms with Gasteiger partial charge in [0.1, 0.15) is 0 Å². The lowest BCUT2D eigenvalue weighted by Crippen LogP contribution is -2.45. The van der Waals surface area contributed by atoms with Gasteiger partial charge in [-0.25, -0.2) is 4.98 Å². The zero-order valence-electron chi connectivity index (χ0n) is 12.4. The summed E-state index contributed by atoms with van der Waals surface area (Å²) >= 11 is 0. The average molecular weight is 302 g/mol. The molecule has 22 heavy (non-hydrogen) atoms. The van der Waals surface area contributed by atoms with E-state index < -0.39 is 0 Å². The maximum atomic E-state index is 12.8. The minimum Gasteiger partial charge on any atom is -0.370 e. The molecule has 2 N–H and O–H groups in total. The Kier molecular flexibility index (Phi) is 3.79. The molecule has 3 heterocycles. The van der Waals surface area contributed by atoms with Gasteiger partial charge in [-0.2, -0.15) is 0 Å². The summed E-state index contributed by atoms with van der Waals surface area (Å²) < 4.78 is 5.06. The van der Waals surface area contributed by atoms with Crippen molar-refractivity contribution in [2.75, 3.05) is 6.54 Å². The molecule has 116 valence electrons. The number of nitrogens with zero attached hydrogens (tertiary/aromatic N) is 3. The van der Waals surface area contributed by atoms with Gasteiger partial charge in [-0.15, -0.1) is 0 Å². The molecule has 2 amide bonds. The number of carbonyl (C=O) groups is 2. The molecule has 2 aromatic rings. The Hall–Kier alpha value is -2.44. The summed E-state index contributed by atoms with van der Waals surface area (Å²) in [4.78, 5) is 29.8. The second-order valence-electron chi connectivity index (χ2n) is 5.66. The highest BCUT2D eigenvalue weighted by molar-refractivity contribution is 5.97. The summed E-state index contributed by atoms with van der Waals surface area (Å²) in [5, 5.41) is 4.57. The quantitative estimate of drug-likeness (QED) is 0.923. The van der Waals surface area contributed by atoms with E-state index in [1.807, 2.05) is 0 Å². The van der Waals surface area contributed by atoms with E-state index in [2.05, 4.69) is 10.1 Å². The van der Waals surface area contributed by atoms with E-state index in [1.165, 1.54) is 6.20 Å². The Morgan fingerprint density at radius 3 is 3.05 bits per heavy atom. The number of fused-ring (bicyclic) bond motifs is 1. The normalized spacial score (nSPS) is 18.6. The zero-order valence-corrected chi connectivity index (χ0v) is 12.4. The van der Waals surface area contributed by atoms with Gasteiger partial charge in [0.15, 0.2) is 0 Å². The Balaban J connectivity index is 1.89. The van der Waals surface area contributed by atoms with Gasteiger partial charge >= 0.3 is 0 Å². The first kappa shape index (κ1) is 14.5. The van der Waals surface area contributed by atoms with Crippen LogP contribution in [-0.2, 0) is 4.79 Å². The molecule has 7 nitrogen and oxygen atoms in total. The molecule has 3 rings (SSSR count). The fourth-order valence-electron chi connectivity index (χ4n) is 2.94. The molecule has 0 aliphatic carbocycles. The summed E-state index contributed by atoms with van der Waals surface area (Å²) in [5.74, 6) is -0.505. The van der Waals surface area contributed by atoms with Crippen molar-refractivity contribution in [3.63, 3.8) is 0 Å². The van der Waals surface area contributed by atoms with Gasteiger partial charge in [0.25, 0.3) is 11.6 Å². The number of rotatable bonds is 3. The van der Waals surface area contributed by atoms with Gasteiger partial charge in [0, 0.05) is 25.2 Å². The zero-order chi connectivity index (χ0) is 15.7. The summed E-state index contributed by atoms with van der Waals surface area (Å²) in [6.45, 7) is 2.44. The molecule has 1 atom stereocenters. The van der Waals surface area contributed by atoms with Crippen LogP contribution in [-0.4, -0.2) is 39.4 Å². The van der Waals surface area contributed by atoms with Crippen LogP contribution in [0.4, 0.5) is 0 Å². The highest BCUT2D eigenvalue weighted by atomic mass is 16.5. The van der Waals surface area contributed by atoms with Gasteiger partial charge < -0.3 is 15.2 Å². The van der Waals surface area contributed by atoms with Crippen molar-refractivity contribution in [1.82, 2.24) is 15.0 Å². The van der Waals surface area contributed by atoms with E-state index in [0.717, 1.165) is 24.6 Å². The predicted octanol–water partition coefficient (Wildman–Crippen LogP) is 1.40. The topological polar surface area (TPSA) is 102 Å². The Bertz CT molecular complexity index is 725. The first-order valence-electron chi connectivity index (χ1n) is 7.37. The van der Waals surface area contributed by atoms with Crippen LogP contribution in [0.25, 0.3) is 11.1 Å². The van der Waals surface area contributed by atoms with E-state index in [4.69, 9.17) is 10.3 Å². The van der Waals surface area contributed by atoms with E-state index in [1.54, 1.807) is 17.9 Å². The van der Waals surface area contributed by atoms with Gasteiger partial charge in [0.05, 0.1) is 16.6 Å². The Labute approximate surface area is 127 Å². The van der Waals surface area contributed by atoms with Crippen LogP contribution in [0.2, 0.25) is 0 Å². The SMILES string of the molecule is Cc1noc2ncc(C(=O)N3CCCC[C@H]3CC(N)=O)cc12. The maximum absolute atomic E-state index is 12.8. The van der Waals surface area contributed by atoms with Crippen LogP contribution in [0, 0.1) is 6.92 Å². The molecule has 0 saturated carbocycles. The fourth-order valence-corrected chi connectivity index (χ4v) is 2.94. The summed E-state index contributed by atoms with van der Waals surface area (Å²) in [6, 6.07) is 1.62. The first-order valence-corrected chi connectivity index (χ1v) is 7.37. The standard InChI is InChI=1S/C15H18N4O3/c1-9-12-6-10(8-17-14(12)22-18-9)15(21)19-5-3-2-4-11(19)7-13(16)20/h6,8,11H,2-5,7H2,1H3,(H2,16,20)/t11-/m0/s1. The number of piperidine rings is 1.